The largest absolute Gasteiger partial charge is 0.494 e. The molecule has 3 rings (SSSR count). The molecule has 0 saturated heterocycles. The Hall–Kier alpha value is -2.69. The van der Waals surface area contributed by atoms with Crippen molar-refractivity contribution in [2.75, 3.05) is 18.6 Å². The van der Waals surface area contributed by atoms with Gasteiger partial charge in [0.05, 0.1) is 24.6 Å². The third kappa shape index (κ3) is 2.27. The second-order valence-corrected chi connectivity index (χ2v) is 4.72. The highest BCUT2D eigenvalue weighted by atomic mass is 16.5. The fourth-order valence-corrected chi connectivity index (χ4v) is 2.49. The molecule has 5 heteroatoms. The van der Waals surface area contributed by atoms with Crippen molar-refractivity contribution < 1.29 is 14.3 Å². The Labute approximate surface area is 122 Å². The maximum absolute atomic E-state index is 12.8. The van der Waals surface area contributed by atoms with Crippen molar-refractivity contribution in [1.82, 2.24) is 4.98 Å². The van der Waals surface area contributed by atoms with Crippen molar-refractivity contribution in [1.29, 1.82) is 0 Å². The van der Waals surface area contributed by atoms with Crippen LogP contribution in [0.25, 0.3) is 0 Å². The van der Waals surface area contributed by atoms with E-state index in [1.165, 1.54) is 13.3 Å². The van der Waals surface area contributed by atoms with Crippen molar-refractivity contribution in [3.63, 3.8) is 0 Å². The van der Waals surface area contributed by atoms with Crippen LogP contribution < -0.4 is 9.64 Å². The summed E-state index contributed by atoms with van der Waals surface area (Å²) in [5.41, 5.74) is 1.68. The quantitative estimate of drug-likeness (QED) is 0.848. The van der Waals surface area contributed by atoms with Gasteiger partial charge in [-0.3, -0.25) is 14.6 Å². The second kappa shape index (κ2) is 5.36. The number of para-hydroxylation sites is 1. The van der Waals surface area contributed by atoms with Gasteiger partial charge >= 0.3 is 0 Å². The van der Waals surface area contributed by atoms with E-state index in [4.69, 9.17) is 4.74 Å². The van der Waals surface area contributed by atoms with Gasteiger partial charge in [-0.1, -0.05) is 12.1 Å². The fraction of sp³-hybridized carbons (Fsp3) is 0.188. The number of rotatable bonds is 2. The second-order valence-electron chi connectivity index (χ2n) is 4.72. The van der Waals surface area contributed by atoms with E-state index in [2.05, 4.69) is 4.98 Å². The number of carbonyl (C=O) groups is 2. The first-order valence-corrected chi connectivity index (χ1v) is 6.64. The Kier molecular flexibility index (Phi) is 3.39. The molecule has 0 saturated carbocycles. The van der Waals surface area contributed by atoms with Crippen molar-refractivity contribution in [3.05, 3.63) is 53.9 Å². The van der Waals surface area contributed by atoms with Crippen molar-refractivity contribution >= 4 is 17.4 Å². The monoisotopic (exact) mass is 282 g/mol. The smallest absolute Gasteiger partial charge is 0.262 e. The van der Waals surface area contributed by atoms with Crippen LogP contribution in [0.5, 0.6) is 5.75 Å². The summed E-state index contributed by atoms with van der Waals surface area (Å²) in [7, 11) is 1.50. The third-order valence-corrected chi connectivity index (χ3v) is 3.54. The van der Waals surface area contributed by atoms with E-state index >= 15 is 0 Å². The average molecular weight is 282 g/mol. The van der Waals surface area contributed by atoms with Gasteiger partial charge in [0.2, 0.25) is 0 Å². The number of aromatic nitrogens is 1. The predicted octanol–water partition coefficient (Wildman–Crippen LogP) is 2.32. The lowest BCUT2D eigenvalue weighted by atomic mass is 9.99. The normalized spacial score (nSPS) is 13.8. The topological polar surface area (TPSA) is 59.5 Å². The van der Waals surface area contributed by atoms with Gasteiger partial charge in [0.1, 0.15) is 5.75 Å². The summed E-state index contributed by atoms with van der Waals surface area (Å²) >= 11 is 0. The molecule has 106 valence electrons. The van der Waals surface area contributed by atoms with Crippen molar-refractivity contribution in [3.8, 4) is 5.75 Å². The average Bonchev–Trinajstić information content (AvgIpc) is 2.55. The Morgan fingerprint density at radius 2 is 2.10 bits per heavy atom. The zero-order valence-electron chi connectivity index (χ0n) is 11.6. The van der Waals surface area contributed by atoms with Crippen LogP contribution in [-0.2, 0) is 0 Å². The summed E-state index contributed by atoms with van der Waals surface area (Å²) in [5.74, 6) is 0.308. The number of amides is 1. The van der Waals surface area contributed by atoms with Crippen LogP contribution in [-0.4, -0.2) is 30.3 Å². The van der Waals surface area contributed by atoms with Crippen LogP contribution in [0, 0.1) is 0 Å². The van der Waals surface area contributed by atoms with Crippen molar-refractivity contribution in [2.24, 2.45) is 0 Å². The van der Waals surface area contributed by atoms with Crippen molar-refractivity contribution in [2.45, 2.75) is 6.42 Å². The minimum atomic E-state index is -0.186. The van der Waals surface area contributed by atoms with Gasteiger partial charge in [0.15, 0.2) is 5.78 Å². The lowest BCUT2D eigenvalue weighted by Crippen LogP contribution is -2.37. The highest BCUT2D eigenvalue weighted by molar-refractivity contribution is 6.14. The summed E-state index contributed by atoms with van der Waals surface area (Å²) in [6, 6.07) is 8.79. The Morgan fingerprint density at radius 3 is 2.90 bits per heavy atom. The molecular weight excluding hydrogens is 268 g/mol. The first-order chi connectivity index (χ1) is 10.2. The van der Waals surface area contributed by atoms with Gasteiger partial charge in [-0.2, -0.15) is 0 Å². The first kappa shape index (κ1) is 13.3. The maximum Gasteiger partial charge on any atom is 0.262 e. The number of nitrogens with zero attached hydrogens (tertiary/aromatic N) is 2. The fourth-order valence-electron chi connectivity index (χ4n) is 2.49. The number of hydrogen-bond acceptors (Lipinski definition) is 4. The molecule has 21 heavy (non-hydrogen) atoms. The number of Topliss-reactive ketones (excluding diaryl/α,β-unsaturated/α-hetero) is 1. The maximum atomic E-state index is 12.8. The van der Waals surface area contributed by atoms with E-state index in [0.29, 0.717) is 35.5 Å². The molecule has 1 aliphatic heterocycles. The van der Waals surface area contributed by atoms with E-state index < -0.39 is 0 Å². The number of ketones is 1. The first-order valence-electron chi connectivity index (χ1n) is 6.64. The summed E-state index contributed by atoms with van der Waals surface area (Å²) in [5, 5.41) is 0. The number of methoxy groups -OCH3 is 1. The standard InChI is InChI=1S/C16H14N2O3/c1-21-15-10-17-8-6-12(15)16(20)18-9-7-14(19)11-4-2-3-5-13(11)18/h2-6,8,10H,7,9H2,1H3. The van der Waals surface area contributed by atoms with Gasteiger partial charge in [-0.25, -0.2) is 0 Å². The number of ether oxygens (including phenoxy) is 1. The summed E-state index contributed by atoms with van der Waals surface area (Å²) in [4.78, 5) is 30.3. The van der Waals surface area contributed by atoms with Gasteiger partial charge in [-0.15, -0.1) is 0 Å². The Bertz CT molecular complexity index is 712. The third-order valence-electron chi connectivity index (χ3n) is 3.54. The van der Waals surface area contributed by atoms with E-state index in [0.717, 1.165) is 0 Å². The minimum absolute atomic E-state index is 0.0661. The molecule has 0 fully saturated rings. The Balaban J connectivity index is 2.03. The molecule has 0 N–H and O–H groups in total. The van der Waals surface area contributed by atoms with Gasteiger partial charge in [0, 0.05) is 24.7 Å². The van der Waals surface area contributed by atoms with E-state index in [1.54, 1.807) is 35.4 Å². The molecule has 2 aromatic rings. The van der Waals surface area contributed by atoms with E-state index in [9.17, 15) is 9.59 Å². The molecule has 1 aliphatic rings. The van der Waals surface area contributed by atoms with Crippen LogP contribution in [0.1, 0.15) is 27.1 Å². The molecule has 2 heterocycles. The molecular formula is C16H14N2O3. The SMILES string of the molecule is COc1cnccc1C(=O)N1CCC(=O)c2ccccc21. The van der Waals surface area contributed by atoms with E-state index in [1.807, 2.05) is 6.07 Å². The van der Waals surface area contributed by atoms with Crippen LogP contribution >= 0.6 is 0 Å². The van der Waals surface area contributed by atoms with Crippen LogP contribution in [0.3, 0.4) is 0 Å². The highest BCUT2D eigenvalue weighted by Crippen LogP contribution is 2.29. The number of fused-ring (bicyclic) bond motifs is 1. The lowest BCUT2D eigenvalue weighted by Gasteiger charge is -2.29. The van der Waals surface area contributed by atoms with Crippen LogP contribution in [0.2, 0.25) is 0 Å². The van der Waals surface area contributed by atoms with Gasteiger partial charge in [0.25, 0.3) is 5.91 Å². The Morgan fingerprint density at radius 1 is 1.29 bits per heavy atom. The number of hydrogen-bond donors (Lipinski definition) is 0. The van der Waals surface area contributed by atoms with Crippen LogP contribution in [0.15, 0.2) is 42.7 Å². The molecule has 0 aliphatic carbocycles. The summed E-state index contributed by atoms with van der Waals surface area (Å²) in [6.07, 6.45) is 3.39. The molecule has 1 aromatic heterocycles. The molecule has 0 unspecified atom stereocenters. The molecule has 0 spiro atoms. The number of anilines is 1. The molecule has 0 bridgehead atoms. The summed E-state index contributed by atoms with van der Waals surface area (Å²) in [6.45, 7) is 0.375. The highest BCUT2D eigenvalue weighted by Gasteiger charge is 2.28. The number of benzene rings is 1. The van der Waals surface area contributed by atoms with Gasteiger partial charge < -0.3 is 9.64 Å². The van der Waals surface area contributed by atoms with E-state index in [-0.39, 0.29) is 11.7 Å². The summed E-state index contributed by atoms with van der Waals surface area (Å²) < 4.78 is 5.19. The molecule has 1 aromatic carbocycles. The lowest BCUT2D eigenvalue weighted by molar-refractivity contribution is 0.0953. The number of pyridine rings is 1. The predicted molar refractivity (Wildman–Crippen MR) is 77.9 cm³/mol. The molecule has 0 atom stereocenters. The van der Waals surface area contributed by atoms with Gasteiger partial charge in [-0.05, 0) is 18.2 Å². The molecule has 1 amide bonds. The zero-order chi connectivity index (χ0) is 14.8. The minimum Gasteiger partial charge on any atom is -0.494 e. The molecule has 0 radical (unpaired) electrons. The van der Waals surface area contributed by atoms with Crippen LogP contribution in [0.4, 0.5) is 5.69 Å². The molecule has 5 nitrogen and oxygen atoms in total. The zero-order valence-corrected chi connectivity index (χ0v) is 11.6. The number of carbonyl (C=O) groups excluding carboxylic acids is 2.